The molecular weight excluding hydrogens is 422 g/mol. The zero-order valence-electron chi connectivity index (χ0n) is 16.8. The quantitative estimate of drug-likeness (QED) is 0.421. The first kappa shape index (κ1) is 22.2. The van der Waals surface area contributed by atoms with E-state index in [1.165, 1.54) is 18.4 Å². The summed E-state index contributed by atoms with van der Waals surface area (Å²) in [7, 11) is 1.37. The molecule has 1 fully saturated rings. The lowest BCUT2D eigenvalue weighted by molar-refractivity contribution is -0.128. The number of allylic oxidation sites excluding steroid dienone is 1. The standard InChI is InChI=1S/C23H24ClNO4S/c1-29-23(28)21-11-10-20(30-21)6-3-13-25-18(8-12-22(25)27)7-9-19(26)15-16-4-2-5-17(24)14-16/h2,4-5,7,9-11,14,18H,3,6,8,12-13,15H2,1H3/t18-/m0/s1. The Morgan fingerprint density at radius 2 is 2.13 bits per heavy atom. The van der Waals surface area contributed by atoms with Crippen molar-refractivity contribution < 1.29 is 19.1 Å². The number of benzene rings is 1. The molecule has 158 valence electrons. The molecule has 0 unspecified atom stereocenters. The van der Waals surface area contributed by atoms with Gasteiger partial charge in [-0.2, -0.15) is 0 Å². The van der Waals surface area contributed by atoms with Gasteiger partial charge in [0.2, 0.25) is 5.91 Å². The summed E-state index contributed by atoms with van der Waals surface area (Å²) in [5.41, 5.74) is 0.874. The van der Waals surface area contributed by atoms with Crippen LogP contribution in [-0.2, 0) is 27.2 Å². The summed E-state index contributed by atoms with van der Waals surface area (Å²) in [5.74, 6) is -0.215. The molecule has 7 heteroatoms. The third-order valence-electron chi connectivity index (χ3n) is 5.02. The molecule has 0 saturated carbocycles. The van der Waals surface area contributed by atoms with Crippen molar-refractivity contribution in [3.63, 3.8) is 0 Å². The molecule has 0 radical (unpaired) electrons. The summed E-state index contributed by atoms with van der Waals surface area (Å²) in [6, 6.07) is 10.9. The summed E-state index contributed by atoms with van der Waals surface area (Å²) < 4.78 is 4.73. The number of nitrogens with zero attached hydrogens (tertiary/aromatic N) is 1. The number of carbonyl (C=O) groups excluding carboxylic acids is 3. The fourth-order valence-electron chi connectivity index (χ4n) is 3.52. The molecule has 30 heavy (non-hydrogen) atoms. The highest BCUT2D eigenvalue weighted by Crippen LogP contribution is 2.23. The molecule has 0 aliphatic carbocycles. The minimum Gasteiger partial charge on any atom is -0.465 e. The molecule has 1 aromatic heterocycles. The van der Waals surface area contributed by atoms with Crippen molar-refractivity contribution in [2.24, 2.45) is 0 Å². The van der Waals surface area contributed by atoms with E-state index in [2.05, 4.69) is 0 Å². The molecule has 1 atom stereocenters. The van der Waals surface area contributed by atoms with Crippen molar-refractivity contribution in [2.75, 3.05) is 13.7 Å². The van der Waals surface area contributed by atoms with Gasteiger partial charge < -0.3 is 9.64 Å². The number of methoxy groups -OCH3 is 1. The van der Waals surface area contributed by atoms with Crippen LogP contribution in [0.4, 0.5) is 0 Å². The van der Waals surface area contributed by atoms with Gasteiger partial charge in [-0.05, 0) is 55.2 Å². The second-order valence-corrected chi connectivity index (χ2v) is 8.79. The van der Waals surface area contributed by atoms with Crippen LogP contribution in [0.15, 0.2) is 48.6 Å². The molecule has 1 aliphatic heterocycles. The maximum absolute atomic E-state index is 12.3. The van der Waals surface area contributed by atoms with Gasteiger partial charge in [-0.15, -0.1) is 11.3 Å². The average Bonchev–Trinajstić information content (AvgIpc) is 3.33. The van der Waals surface area contributed by atoms with Crippen LogP contribution in [0.3, 0.4) is 0 Å². The Kier molecular flexibility index (Phi) is 7.82. The monoisotopic (exact) mass is 445 g/mol. The van der Waals surface area contributed by atoms with Crippen molar-refractivity contribution in [3.8, 4) is 0 Å². The topological polar surface area (TPSA) is 63.7 Å². The lowest BCUT2D eigenvalue weighted by atomic mass is 10.1. The van der Waals surface area contributed by atoms with Crippen molar-refractivity contribution in [3.05, 3.63) is 68.9 Å². The van der Waals surface area contributed by atoms with E-state index < -0.39 is 0 Å². The minimum absolute atomic E-state index is 0.00880. The first-order chi connectivity index (χ1) is 14.5. The Bertz CT molecular complexity index is 952. The molecule has 1 saturated heterocycles. The predicted octanol–water partition coefficient (Wildman–Crippen LogP) is 4.48. The molecule has 0 N–H and O–H groups in total. The maximum atomic E-state index is 12.3. The Morgan fingerprint density at radius 1 is 1.30 bits per heavy atom. The van der Waals surface area contributed by atoms with Crippen LogP contribution in [0.5, 0.6) is 0 Å². The number of hydrogen-bond acceptors (Lipinski definition) is 5. The number of aryl methyl sites for hydroxylation is 1. The number of rotatable bonds is 9. The number of halogens is 1. The fourth-order valence-corrected chi connectivity index (χ4v) is 4.70. The van der Waals surface area contributed by atoms with E-state index in [1.54, 1.807) is 24.3 Å². The Morgan fingerprint density at radius 3 is 2.90 bits per heavy atom. The molecule has 2 heterocycles. The smallest absolute Gasteiger partial charge is 0.348 e. The molecule has 0 spiro atoms. The number of amides is 1. The van der Waals surface area contributed by atoms with Gasteiger partial charge in [0.1, 0.15) is 4.88 Å². The molecule has 1 aromatic carbocycles. The van der Waals surface area contributed by atoms with Crippen LogP contribution in [-0.4, -0.2) is 42.3 Å². The zero-order chi connectivity index (χ0) is 21.5. The normalized spacial score (nSPS) is 16.4. The number of hydrogen-bond donors (Lipinski definition) is 0. The lowest BCUT2D eigenvalue weighted by Crippen LogP contribution is -2.33. The highest BCUT2D eigenvalue weighted by atomic mass is 35.5. The van der Waals surface area contributed by atoms with Gasteiger partial charge in [-0.3, -0.25) is 9.59 Å². The lowest BCUT2D eigenvalue weighted by Gasteiger charge is -2.22. The maximum Gasteiger partial charge on any atom is 0.348 e. The highest BCUT2D eigenvalue weighted by molar-refractivity contribution is 7.13. The van der Waals surface area contributed by atoms with E-state index in [0.717, 1.165) is 29.7 Å². The molecule has 2 aromatic rings. The van der Waals surface area contributed by atoms with Gasteiger partial charge >= 0.3 is 5.97 Å². The molecule has 3 rings (SSSR count). The first-order valence-electron chi connectivity index (χ1n) is 9.88. The highest BCUT2D eigenvalue weighted by Gasteiger charge is 2.28. The Hall–Kier alpha value is -2.44. The Labute approximate surface area is 185 Å². The number of likely N-dealkylation sites (tertiary alicyclic amines) is 1. The van der Waals surface area contributed by atoms with E-state index >= 15 is 0 Å². The summed E-state index contributed by atoms with van der Waals surface area (Å²) in [5, 5.41) is 0.612. The number of ether oxygens (including phenoxy) is 1. The van der Waals surface area contributed by atoms with Crippen LogP contribution < -0.4 is 0 Å². The second-order valence-electron chi connectivity index (χ2n) is 7.19. The van der Waals surface area contributed by atoms with Gasteiger partial charge in [0, 0.05) is 29.3 Å². The van der Waals surface area contributed by atoms with Gasteiger partial charge in [-0.25, -0.2) is 4.79 Å². The van der Waals surface area contributed by atoms with Crippen LogP contribution in [0, 0.1) is 0 Å². The summed E-state index contributed by atoms with van der Waals surface area (Å²) in [4.78, 5) is 39.6. The van der Waals surface area contributed by atoms with Crippen LogP contribution in [0.25, 0.3) is 0 Å². The third kappa shape index (κ3) is 6.03. The average molecular weight is 446 g/mol. The van der Waals surface area contributed by atoms with Crippen LogP contribution in [0.2, 0.25) is 5.02 Å². The fraction of sp³-hybridized carbons (Fsp3) is 0.348. The van der Waals surface area contributed by atoms with Crippen molar-refractivity contribution in [2.45, 2.75) is 38.1 Å². The number of thiophene rings is 1. The predicted molar refractivity (Wildman–Crippen MR) is 118 cm³/mol. The first-order valence-corrected chi connectivity index (χ1v) is 11.1. The summed E-state index contributed by atoms with van der Waals surface area (Å²) in [6.07, 6.45) is 6.54. The van der Waals surface area contributed by atoms with Crippen molar-refractivity contribution in [1.82, 2.24) is 4.90 Å². The van der Waals surface area contributed by atoms with E-state index in [-0.39, 0.29) is 23.7 Å². The van der Waals surface area contributed by atoms with Crippen LogP contribution in [0.1, 0.15) is 39.4 Å². The molecule has 5 nitrogen and oxygen atoms in total. The van der Waals surface area contributed by atoms with Crippen molar-refractivity contribution >= 4 is 40.6 Å². The van der Waals surface area contributed by atoms with E-state index in [0.29, 0.717) is 29.3 Å². The van der Waals surface area contributed by atoms with Crippen molar-refractivity contribution in [1.29, 1.82) is 0 Å². The SMILES string of the molecule is COC(=O)c1ccc(CCCN2C(=O)CC[C@@H]2C=CC(=O)Cc2cccc(Cl)c2)s1. The van der Waals surface area contributed by atoms with Gasteiger partial charge in [0.05, 0.1) is 13.2 Å². The van der Waals surface area contributed by atoms with E-state index in [1.807, 2.05) is 29.2 Å². The van der Waals surface area contributed by atoms with Crippen LogP contribution >= 0.6 is 22.9 Å². The zero-order valence-corrected chi connectivity index (χ0v) is 18.4. The number of carbonyl (C=O) groups is 3. The largest absolute Gasteiger partial charge is 0.465 e. The molecule has 1 amide bonds. The summed E-state index contributed by atoms with van der Waals surface area (Å²) >= 11 is 7.39. The molecule has 0 bridgehead atoms. The van der Waals surface area contributed by atoms with E-state index in [9.17, 15) is 14.4 Å². The minimum atomic E-state index is -0.325. The number of ketones is 1. The van der Waals surface area contributed by atoms with Gasteiger partial charge in [-0.1, -0.05) is 29.8 Å². The van der Waals surface area contributed by atoms with Gasteiger partial charge in [0.25, 0.3) is 0 Å². The molecular formula is C23H24ClNO4S. The third-order valence-corrected chi connectivity index (χ3v) is 6.38. The van der Waals surface area contributed by atoms with Gasteiger partial charge in [0.15, 0.2) is 5.78 Å². The second kappa shape index (κ2) is 10.5. The number of esters is 1. The summed E-state index contributed by atoms with van der Waals surface area (Å²) in [6.45, 7) is 0.627. The Balaban J connectivity index is 1.51. The van der Waals surface area contributed by atoms with E-state index in [4.69, 9.17) is 16.3 Å². The molecule has 1 aliphatic rings.